The van der Waals surface area contributed by atoms with Gasteiger partial charge in [0.15, 0.2) is 5.75 Å². The van der Waals surface area contributed by atoms with Crippen LogP contribution in [0.25, 0.3) is 5.69 Å². The summed E-state index contributed by atoms with van der Waals surface area (Å²) < 4.78 is 7.31. The Morgan fingerprint density at radius 1 is 1.07 bits per heavy atom. The van der Waals surface area contributed by atoms with Gasteiger partial charge in [-0.25, -0.2) is 19.4 Å². The van der Waals surface area contributed by atoms with Crippen molar-refractivity contribution in [1.29, 1.82) is 0 Å². The van der Waals surface area contributed by atoms with Gasteiger partial charge in [0.05, 0.1) is 18.1 Å². The number of amides is 1. The number of hydrogen-bond donors (Lipinski definition) is 1. The highest BCUT2D eigenvalue weighted by atomic mass is 16.5. The molecule has 1 aliphatic rings. The van der Waals surface area contributed by atoms with Gasteiger partial charge in [0.1, 0.15) is 12.9 Å². The van der Waals surface area contributed by atoms with E-state index in [0.29, 0.717) is 44.5 Å². The highest BCUT2D eigenvalue weighted by molar-refractivity contribution is 5.65. The quantitative estimate of drug-likeness (QED) is 0.683. The SMILES string of the molecule is O=C(O)N1CCN(c2ncc(OCc3ccc(-n4cnnn4)cc3)cn2)CC1. The second-order valence-electron chi connectivity index (χ2n) is 6.18. The highest BCUT2D eigenvalue weighted by Crippen LogP contribution is 2.16. The van der Waals surface area contributed by atoms with Crippen molar-refractivity contribution in [2.24, 2.45) is 0 Å². The van der Waals surface area contributed by atoms with Gasteiger partial charge in [-0.05, 0) is 28.1 Å². The number of ether oxygens (including phenoxy) is 1. The van der Waals surface area contributed by atoms with Gasteiger partial charge in [0.25, 0.3) is 0 Å². The average Bonchev–Trinajstić information content (AvgIpc) is 3.28. The lowest BCUT2D eigenvalue weighted by Gasteiger charge is -2.32. The van der Waals surface area contributed by atoms with Crippen molar-refractivity contribution in [2.45, 2.75) is 6.61 Å². The molecule has 1 saturated heterocycles. The molecular formula is C17H18N8O3. The maximum Gasteiger partial charge on any atom is 0.407 e. The maximum atomic E-state index is 11.0. The maximum absolute atomic E-state index is 11.0. The predicted octanol–water partition coefficient (Wildman–Crippen LogP) is 0.831. The molecule has 0 atom stereocenters. The number of nitrogens with zero attached hydrogens (tertiary/aromatic N) is 8. The van der Waals surface area contributed by atoms with Gasteiger partial charge in [-0.15, -0.1) is 5.10 Å². The summed E-state index contributed by atoms with van der Waals surface area (Å²) in [7, 11) is 0. The van der Waals surface area contributed by atoms with E-state index in [1.165, 1.54) is 11.2 Å². The molecule has 0 spiro atoms. The van der Waals surface area contributed by atoms with Gasteiger partial charge < -0.3 is 19.6 Å². The van der Waals surface area contributed by atoms with Gasteiger partial charge in [-0.1, -0.05) is 12.1 Å². The van der Waals surface area contributed by atoms with Gasteiger partial charge in [-0.3, -0.25) is 0 Å². The Morgan fingerprint density at radius 2 is 1.79 bits per heavy atom. The second kappa shape index (κ2) is 7.86. The minimum Gasteiger partial charge on any atom is -0.486 e. The Labute approximate surface area is 160 Å². The van der Waals surface area contributed by atoms with Crippen LogP contribution in [-0.4, -0.2) is 72.5 Å². The molecule has 0 aliphatic carbocycles. The molecule has 3 heterocycles. The van der Waals surface area contributed by atoms with Crippen LogP contribution in [0, 0.1) is 0 Å². The van der Waals surface area contributed by atoms with Crippen molar-refractivity contribution < 1.29 is 14.6 Å². The molecule has 0 saturated carbocycles. The van der Waals surface area contributed by atoms with Crippen LogP contribution in [0.3, 0.4) is 0 Å². The number of piperazine rings is 1. The summed E-state index contributed by atoms with van der Waals surface area (Å²) in [6.45, 7) is 2.41. The molecule has 11 heteroatoms. The number of carboxylic acid groups (broad SMARTS) is 1. The number of benzene rings is 1. The normalized spacial score (nSPS) is 14.1. The second-order valence-corrected chi connectivity index (χ2v) is 6.18. The number of aromatic nitrogens is 6. The summed E-state index contributed by atoms with van der Waals surface area (Å²) >= 11 is 0. The van der Waals surface area contributed by atoms with Gasteiger partial charge >= 0.3 is 6.09 Å². The molecule has 1 amide bonds. The van der Waals surface area contributed by atoms with Crippen LogP contribution in [0.15, 0.2) is 43.0 Å². The fraction of sp³-hybridized carbons (Fsp3) is 0.294. The molecule has 0 bridgehead atoms. The first-order valence-corrected chi connectivity index (χ1v) is 8.69. The van der Waals surface area contributed by atoms with E-state index in [1.807, 2.05) is 29.2 Å². The van der Waals surface area contributed by atoms with E-state index < -0.39 is 6.09 Å². The molecule has 28 heavy (non-hydrogen) atoms. The molecule has 4 rings (SSSR count). The third-order valence-corrected chi connectivity index (χ3v) is 4.40. The van der Waals surface area contributed by atoms with Crippen molar-refractivity contribution in [3.63, 3.8) is 0 Å². The monoisotopic (exact) mass is 382 g/mol. The van der Waals surface area contributed by atoms with E-state index >= 15 is 0 Å². The average molecular weight is 382 g/mol. The summed E-state index contributed by atoms with van der Waals surface area (Å²) in [6.07, 6.45) is 3.89. The zero-order valence-corrected chi connectivity index (χ0v) is 14.9. The number of carbonyl (C=O) groups is 1. The van der Waals surface area contributed by atoms with Gasteiger partial charge in [-0.2, -0.15) is 0 Å². The van der Waals surface area contributed by atoms with Gasteiger partial charge in [0, 0.05) is 26.2 Å². The molecule has 11 nitrogen and oxygen atoms in total. The van der Waals surface area contributed by atoms with Crippen LogP contribution in [0.2, 0.25) is 0 Å². The first-order chi connectivity index (χ1) is 13.7. The fourth-order valence-electron chi connectivity index (χ4n) is 2.84. The van der Waals surface area contributed by atoms with Crippen molar-refractivity contribution in [2.75, 3.05) is 31.1 Å². The molecule has 2 aromatic heterocycles. The van der Waals surface area contributed by atoms with Crippen molar-refractivity contribution in [3.05, 3.63) is 48.5 Å². The van der Waals surface area contributed by atoms with Crippen LogP contribution >= 0.6 is 0 Å². The summed E-state index contributed by atoms with van der Waals surface area (Å²) in [5.41, 5.74) is 1.86. The smallest absolute Gasteiger partial charge is 0.407 e. The Balaban J connectivity index is 1.31. The van der Waals surface area contributed by atoms with Crippen LogP contribution in [-0.2, 0) is 6.61 Å². The first kappa shape index (κ1) is 17.6. The summed E-state index contributed by atoms with van der Waals surface area (Å²) in [5.74, 6) is 1.14. The van der Waals surface area contributed by atoms with E-state index in [0.717, 1.165) is 11.3 Å². The number of anilines is 1. The molecule has 0 unspecified atom stereocenters. The Kier molecular flexibility index (Phi) is 4.95. The largest absolute Gasteiger partial charge is 0.486 e. The molecule has 1 aliphatic heterocycles. The number of tetrazole rings is 1. The van der Waals surface area contributed by atoms with Crippen LogP contribution < -0.4 is 9.64 Å². The topological polar surface area (TPSA) is 122 Å². The third-order valence-electron chi connectivity index (χ3n) is 4.40. The Morgan fingerprint density at radius 3 is 2.39 bits per heavy atom. The molecule has 1 fully saturated rings. The number of rotatable bonds is 5. The van der Waals surface area contributed by atoms with E-state index in [9.17, 15) is 4.79 Å². The number of hydrogen-bond acceptors (Lipinski definition) is 8. The van der Waals surface area contributed by atoms with Crippen molar-refractivity contribution in [1.82, 2.24) is 35.1 Å². The molecule has 3 aromatic rings. The minimum atomic E-state index is -0.893. The first-order valence-electron chi connectivity index (χ1n) is 8.69. The zero-order chi connectivity index (χ0) is 19.3. The summed E-state index contributed by atoms with van der Waals surface area (Å²) in [4.78, 5) is 23.0. The Bertz CT molecular complexity index is 907. The van der Waals surface area contributed by atoms with Crippen molar-refractivity contribution >= 4 is 12.0 Å². The van der Waals surface area contributed by atoms with Crippen LogP contribution in [0.4, 0.5) is 10.7 Å². The van der Waals surface area contributed by atoms with Crippen LogP contribution in [0.5, 0.6) is 5.75 Å². The lowest BCUT2D eigenvalue weighted by molar-refractivity contribution is 0.142. The predicted molar refractivity (Wildman–Crippen MR) is 97.3 cm³/mol. The minimum absolute atomic E-state index is 0.385. The molecular weight excluding hydrogens is 364 g/mol. The zero-order valence-electron chi connectivity index (χ0n) is 14.9. The molecule has 1 N–H and O–H groups in total. The highest BCUT2D eigenvalue weighted by Gasteiger charge is 2.21. The van der Waals surface area contributed by atoms with E-state index in [4.69, 9.17) is 9.84 Å². The van der Waals surface area contributed by atoms with Gasteiger partial charge in [0.2, 0.25) is 5.95 Å². The van der Waals surface area contributed by atoms with E-state index in [2.05, 4.69) is 25.5 Å². The van der Waals surface area contributed by atoms with E-state index in [1.54, 1.807) is 17.1 Å². The Hall–Kier alpha value is -3.76. The molecule has 0 radical (unpaired) electrons. The van der Waals surface area contributed by atoms with Crippen molar-refractivity contribution in [3.8, 4) is 11.4 Å². The lowest BCUT2D eigenvalue weighted by atomic mass is 10.2. The fourth-order valence-corrected chi connectivity index (χ4v) is 2.84. The third kappa shape index (κ3) is 3.98. The standard InChI is InChI=1S/C17H18N8O3/c26-17(27)24-7-5-23(6-8-24)16-18-9-15(10-19-16)28-11-13-1-3-14(4-2-13)25-12-20-21-22-25/h1-4,9-10,12H,5-8,11H2,(H,26,27). The summed E-state index contributed by atoms with van der Waals surface area (Å²) in [5, 5.41) is 20.1. The molecule has 1 aromatic carbocycles. The lowest BCUT2D eigenvalue weighted by Crippen LogP contribution is -2.48. The molecule has 144 valence electrons. The van der Waals surface area contributed by atoms with Crippen LogP contribution in [0.1, 0.15) is 5.56 Å². The van der Waals surface area contributed by atoms with E-state index in [-0.39, 0.29) is 0 Å². The summed E-state index contributed by atoms with van der Waals surface area (Å²) in [6, 6.07) is 7.69.